The molecule has 4 heteroatoms. The highest BCUT2D eigenvalue weighted by Gasteiger charge is 2.22. The quantitative estimate of drug-likeness (QED) is 0.736. The van der Waals surface area contributed by atoms with Gasteiger partial charge in [0.05, 0.1) is 12.2 Å². The van der Waals surface area contributed by atoms with Gasteiger partial charge < -0.3 is 15.0 Å². The fourth-order valence-electron chi connectivity index (χ4n) is 3.68. The Hall–Kier alpha value is -2.85. The van der Waals surface area contributed by atoms with Gasteiger partial charge in [-0.2, -0.15) is 0 Å². The molecule has 0 aromatic heterocycles. The standard InChI is InChI=1S/C23H24N2O2/c1-16-14-25(15-17(2)27-16)22-11-9-21(10-12-22)24-23(26)20-8-7-18-5-3-4-6-19(18)13-20/h3-13,16-17H,14-15H2,1-2H3,(H,24,26). The number of anilines is 2. The molecule has 3 aromatic rings. The Kier molecular flexibility index (Phi) is 4.82. The monoisotopic (exact) mass is 360 g/mol. The second-order valence-electron chi connectivity index (χ2n) is 7.23. The predicted molar refractivity (Wildman–Crippen MR) is 111 cm³/mol. The van der Waals surface area contributed by atoms with Gasteiger partial charge in [0.2, 0.25) is 0 Å². The molecule has 4 rings (SSSR count). The first-order valence-electron chi connectivity index (χ1n) is 9.39. The number of hydrogen-bond donors (Lipinski definition) is 1. The van der Waals surface area contributed by atoms with Gasteiger partial charge >= 0.3 is 0 Å². The summed E-state index contributed by atoms with van der Waals surface area (Å²) in [6.07, 6.45) is 0.446. The van der Waals surface area contributed by atoms with Crippen LogP contribution in [0.1, 0.15) is 24.2 Å². The second kappa shape index (κ2) is 7.41. The van der Waals surface area contributed by atoms with Crippen molar-refractivity contribution in [3.8, 4) is 0 Å². The molecule has 3 aromatic carbocycles. The zero-order valence-electron chi connectivity index (χ0n) is 15.7. The number of nitrogens with zero attached hydrogens (tertiary/aromatic N) is 1. The summed E-state index contributed by atoms with van der Waals surface area (Å²) in [6, 6.07) is 21.8. The van der Waals surface area contributed by atoms with Crippen molar-refractivity contribution in [2.24, 2.45) is 0 Å². The smallest absolute Gasteiger partial charge is 0.255 e. The van der Waals surface area contributed by atoms with E-state index >= 15 is 0 Å². The predicted octanol–water partition coefficient (Wildman–Crippen LogP) is 4.71. The van der Waals surface area contributed by atoms with E-state index in [-0.39, 0.29) is 18.1 Å². The SMILES string of the molecule is CC1CN(c2ccc(NC(=O)c3ccc4ccccc4c3)cc2)CC(C)O1. The molecule has 2 unspecified atom stereocenters. The first-order valence-corrected chi connectivity index (χ1v) is 9.39. The molecule has 1 heterocycles. The third-order valence-electron chi connectivity index (χ3n) is 4.92. The van der Waals surface area contributed by atoms with Crippen LogP contribution in [0.2, 0.25) is 0 Å². The number of fused-ring (bicyclic) bond motifs is 1. The average Bonchev–Trinajstić information content (AvgIpc) is 2.67. The molecular formula is C23H24N2O2. The molecule has 1 saturated heterocycles. The number of benzene rings is 3. The van der Waals surface area contributed by atoms with E-state index in [1.807, 2.05) is 54.6 Å². The summed E-state index contributed by atoms with van der Waals surface area (Å²) < 4.78 is 5.80. The van der Waals surface area contributed by atoms with Gasteiger partial charge in [-0.05, 0) is 61.0 Å². The van der Waals surface area contributed by atoms with Crippen molar-refractivity contribution >= 4 is 28.1 Å². The fraction of sp³-hybridized carbons (Fsp3) is 0.261. The van der Waals surface area contributed by atoms with Crippen molar-refractivity contribution in [2.75, 3.05) is 23.3 Å². The number of rotatable bonds is 3. The van der Waals surface area contributed by atoms with E-state index in [0.717, 1.165) is 35.2 Å². The number of nitrogens with one attached hydrogen (secondary N) is 1. The molecule has 0 bridgehead atoms. The van der Waals surface area contributed by atoms with Crippen molar-refractivity contribution in [2.45, 2.75) is 26.1 Å². The zero-order valence-corrected chi connectivity index (χ0v) is 15.7. The number of ether oxygens (including phenoxy) is 1. The molecule has 0 spiro atoms. The molecule has 1 N–H and O–H groups in total. The zero-order chi connectivity index (χ0) is 18.8. The first kappa shape index (κ1) is 17.6. The van der Waals surface area contributed by atoms with Crippen LogP contribution in [0.3, 0.4) is 0 Å². The van der Waals surface area contributed by atoms with E-state index in [1.54, 1.807) is 0 Å². The van der Waals surface area contributed by atoms with Crippen molar-refractivity contribution in [3.05, 3.63) is 72.3 Å². The summed E-state index contributed by atoms with van der Waals surface area (Å²) in [5, 5.41) is 5.19. The Balaban J connectivity index is 1.46. The molecule has 27 heavy (non-hydrogen) atoms. The first-order chi connectivity index (χ1) is 13.1. The lowest BCUT2D eigenvalue weighted by Crippen LogP contribution is -2.45. The Morgan fingerprint density at radius 3 is 2.30 bits per heavy atom. The van der Waals surface area contributed by atoms with E-state index in [1.165, 1.54) is 0 Å². The van der Waals surface area contributed by atoms with Crippen LogP contribution in [-0.4, -0.2) is 31.2 Å². The maximum Gasteiger partial charge on any atom is 0.255 e. The summed E-state index contributed by atoms with van der Waals surface area (Å²) in [5.41, 5.74) is 2.61. The molecule has 1 amide bonds. The molecule has 0 saturated carbocycles. The maximum atomic E-state index is 12.6. The van der Waals surface area contributed by atoms with E-state index in [9.17, 15) is 4.79 Å². The van der Waals surface area contributed by atoms with Gasteiger partial charge in [-0.25, -0.2) is 0 Å². The minimum Gasteiger partial charge on any atom is -0.372 e. The van der Waals surface area contributed by atoms with Gasteiger partial charge in [-0.15, -0.1) is 0 Å². The number of hydrogen-bond acceptors (Lipinski definition) is 3. The fourth-order valence-corrected chi connectivity index (χ4v) is 3.68. The summed E-state index contributed by atoms with van der Waals surface area (Å²) in [6.45, 7) is 5.96. The van der Waals surface area contributed by atoms with Gasteiger partial charge in [0.25, 0.3) is 5.91 Å². The largest absolute Gasteiger partial charge is 0.372 e. The van der Waals surface area contributed by atoms with Crippen LogP contribution in [0.5, 0.6) is 0 Å². The van der Waals surface area contributed by atoms with Crippen LogP contribution in [0, 0.1) is 0 Å². The summed E-state index contributed by atoms with van der Waals surface area (Å²) in [4.78, 5) is 14.9. The normalized spacial score (nSPS) is 19.9. The van der Waals surface area contributed by atoms with Gasteiger partial charge in [0.15, 0.2) is 0 Å². The van der Waals surface area contributed by atoms with Crippen LogP contribution in [0.15, 0.2) is 66.7 Å². The van der Waals surface area contributed by atoms with Crippen LogP contribution >= 0.6 is 0 Å². The number of carbonyl (C=O) groups is 1. The highest BCUT2D eigenvalue weighted by Crippen LogP contribution is 2.23. The number of carbonyl (C=O) groups excluding carboxylic acids is 1. The van der Waals surface area contributed by atoms with Crippen LogP contribution in [0.4, 0.5) is 11.4 Å². The summed E-state index contributed by atoms with van der Waals surface area (Å²) in [5.74, 6) is -0.0953. The second-order valence-corrected chi connectivity index (χ2v) is 7.23. The van der Waals surface area contributed by atoms with Crippen molar-refractivity contribution in [1.29, 1.82) is 0 Å². The molecular weight excluding hydrogens is 336 g/mol. The Bertz CT molecular complexity index is 942. The van der Waals surface area contributed by atoms with Crippen molar-refractivity contribution in [3.63, 3.8) is 0 Å². The Morgan fingerprint density at radius 2 is 1.59 bits per heavy atom. The molecule has 4 nitrogen and oxygen atoms in total. The van der Waals surface area contributed by atoms with E-state index in [2.05, 4.69) is 36.2 Å². The molecule has 1 aliphatic rings. The molecule has 138 valence electrons. The van der Waals surface area contributed by atoms with Gasteiger partial charge in [-0.3, -0.25) is 4.79 Å². The summed E-state index contributed by atoms with van der Waals surface area (Å²) in [7, 11) is 0. The van der Waals surface area contributed by atoms with Crippen molar-refractivity contribution < 1.29 is 9.53 Å². The minimum atomic E-state index is -0.0953. The lowest BCUT2D eigenvalue weighted by Gasteiger charge is -2.36. The average molecular weight is 360 g/mol. The minimum absolute atomic E-state index is 0.0953. The number of amides is 1. The molecule has 0 aliphatic carbocycles. The molecule has 2 atom stereocenters. The molecule has 1 aliphatic heterocycles. The maximum absolute atomic E-state index is 12.6. The van der Waals surface area contributed by atoms with Crippen LogP contribution in [0.25, 0.3) is 10.8 Å². The van der Waals surface area contributed by atoms with Gasteiger partial charge in [0.1, 0.15) is 0 Å². The Morgan fingerprint density at radius 1 is 0.926 bits per heavy atom. The topological polar surface area (TPSA) is 41.6 Å². The number of morpholine rings is 1. The Labute approximate surface area is 159 Å². The van der Waals surface area contributed by atoms with E-state index in [4.69, 9.17) is 4.74 Å². The van der Waals surface area contributed by atoms with Crippen LogP contribution in [-0.2, 0) is 4.74 Å². The molecule has 0 radical (unpaired) electrons. The van der Waals surface area contributed by atoms with Gasteiger partial charge in [-0.1, -0.05) is 30.3 Å². The highest BCUT2D eigenvalue weighted by atomic mass is 16.5. The van der Waals surface area contributed by atoms with Crippen LogP contribution < -0.4 is 10.2 Å². The van der Waals surface area contributed by atoms with E-state index < -0.39 is 0 Å². The highest BCUT2D eigenvalue weighted by molar-refractivity contribution is 6.06. The van der Waals surface area contributed by atoms with E-state index in [0.29, 0.717) is 5.56 Å². The van der Waals surface area contributed by atoms with Gasteiger partial charge in [0, 0.05) is 30.0 Å². The summed E-state index contributed by atoms with van der Waals surface area (Å²) >= 11 is 0. The third kappa shape index (κ3) is 3.96. The third-order valence-corrected chi connectivity index (χ3v) is 4.92. The molecule has 1 fully saturated rings. The lowest BCUT2D eigenvalue weighted by atomic mass is 10.1. The lowest BCUT2D eigenvalue weighted by molar-refractivity contribution is -0.00521. The van der Waals surface area contributed by atoms with Crippen molar-refractivity contribution in [1.82, 2.24) is 0 Å².